The van der Waals surface area contributed by atoms with Crippen LogP contribution in [0.3, 0.4) is 0 Å². The molecule has 1 aromatic rings. The number of ketones is 1. The molecule has 0 aliphatic heterocycles. The van der Waals surface area contributed by atoms with E-state index < -0.39 is 17.4 Å². The molecule has 274 valence electrons. The molecule has 9 atom stereocenters. The molecule has 5 aliphatic rings. The Hall–Kier alpha value is -3.29. The maximum Gasteiger partial charge on any atom is 0.331 e. The molecular formula is C42H58O8. The molecule has 4 fully saturated rings. The van der Waals surface area contributed by atoms with Gasteiger partial charge in [-0.05, 0) is 122 Å². The van der Waals surface area contributed by atoms with Crippen molar-refractivity contribution in [1.29, 1.82) is 0 Å². The van der Waals surface area contributed by atoms with Crippen molar-refractivity contribution in [3.8, 4) is 17.2 Å². The van der Waals surface area contributed by atoms with Crippen LogP contribution in [-0.2, 0) is 19.1 Å². The number of carbonyl (C=O) groups excluding carboxylic acids is 2. The van der Waals surface area contributed by atoms with Gasteiger partial charge in [-0.25, -0.2) is 4.79 Å². The first-order valence-corrected chi connectivity index (χ1v) is 18.5. The second-order valence-corrected chi connectivity index (χ2v) is 18.1. The summed E-state index contributed by atoms with van der Waals surface area (Å²) in [5.74, 6) is 0.695. The van der Waals surface area contributed by atoms with Crippen LogP contribution < -0.4 is 14.2 Å². The molecule has 0 spiro atoms. The summed E-state index contributed by atoms with van der Waals surface area (Å²) in [6.07, 6.45) is 12.4. The van der Waals surface area contributed by atoms with Gasteiger partial charge in [0.25, 0.3) is 0 Å². The summed E-state index contributed by atoms with van der Waals surface area (Å²) in [6.45, 7) is 15.8. The minimum atomic E-state index is -0.768. The Balaban J connectivity index is 1.26. The third-order valence-corrected chi connectivity index (χ3v) is 15.4. The van der Waals surface area contributed by atoms with Gasteiger partial charge in [0, 0.05) is 23.0 Å². The molecule has 8 nitrogen and oxygen atoms in total. The van der Waals surface area contributed by atoms with Crippen molar-refractivity contribution < 1.29 is 38.4 Å². The molecule has 50 heavy (non-hydrogen) atoms. The van der Waals surface area contributed by atoms with Crippen molar-refractivity contribution in [3.63, 3.8) is 0 Å². The number of rotatable bonds is 7. The van der Waals surface area contributed by atoms with Crippen LogP contribution in [0.2, 0.25) is 0 Å². The van der Waals surface area contributed by atoms with Crippen LogP contribution in [0, 0.1) is 50.2 Å². The summed E-state index contributed by atoms with van der Waals surface area (Å²) < 4.78 is 22.7. The highest BCUT2D eigenvalue weighted by molar-refractivity contribution is 5.96. The van der Waals surface area contributed by atoms with E-state index in [4.69, 9.17) is 18.9 Å². The molecule has 0 radical (unpaired) electrons. The van der Waals surface area contributed by atoms with Gasteiger partial charge in [-0.2, -0.15) is 0 Å². The molecule has 0 heterocycles. The summed E-state index contributed by atoms with van der Waals surface area (Å²) in [7, 11) is 4.66. The van der Waals surface area contributed by atoms with Crippen LogP contribution >= 0.6 is 0 Å². The van der Waals surface area contributed by atoms with E-state index >= 15 is 0 Å². The van der Waals surface area contributed by atoms with Crippen molar-refractivity contribution in [3.05, 3.63) is 35.4 Å². The number of allylic oxidation sites excluding steroid dienone is 2. The fourth-order valence-corrected chi connectivity index (χ4v) is 12.2. The molecule has 0 bridgehead atoms. The van der Waals surface area contributed by atoms with Gasteiger partial charge in [-0.1, -0.05) is 47.1 Å². The summed E-state index contributed by atoms with van der Waals surface area (Å²) in [5.41, 5.74) is 0.135. The van der Waals surface area contributed by atoms with Crippen LogP contribution in [0.1, 0.15) is 112 Å². The quantitative estimate of drug-likeness (QED) is 0.224. The number of hydrogen-bond donors (Lipinski definition) is 1. The largest absolute Gasteiger partial charge is 0.493 e. The number of carbonyl (C=O) groups is 3. The standard InChI is InChI=1S/C42H58O8/c1-37(2)30-15-18-42(7)35(28(43)23-26-27-24-39(4,36(45)46)20-19-38(27,3)21-22-41(26,42)6)40(30,5)17-16-31(37)50-32(44)14-12-25-11-13-29(47-8)34(49-10)33(25)48-9/h11-14,23,27,30-31,35H,15-22,24H2,1-10H3,(H,45,46)/b14-12+/t27-,30-,31-,35+,38+,39-,40-,41+,42+/m0/s1. The van der Waals surface area contributed by atoms with Crippen molar-refractivity contribution in [1.82, 2.24) is 0 Å². The maximum atomic E-state index is 14.7. The van der Waals surface area contributed by atoms with Crippen LogP contribution in [0.15, 0.2) is 29.9 Å². The summed E-state index contributed by atoms with van der Waals surface area (Å²) >= 11 is 0. The van der Waals surface area contributed by atoms with E-state index in [0.29, 0.717) is 42.1 Å². The molecule has 0 amide bonds. The fourth-order valence-electron chi connectivity index (χ4n) is 12.2. The molecule has 1 N–H and O–H groups in total. The average molecular weight is 691 g/mol. The topological polar surface area (TPSA) is 108 Å². The smallest absolute Gasteiger partial charge is 0.331 e. The van der Waals surface area contributed by atoms with Gasteiger partial charge in [0.1, 0.15) is 6.10 Å². The first-order chi connectivity index (χ1) is 23.3. The molecule has 1 aromatic carbocycles. The first kappa shape index (κ1) is 36.5. The lowest BCUT2D eigenvalue weighted by Gasteiger charge is -2.70. The van der Waals surface area contributed by atoms with Gasteiger partial charge >= 0.3 is 11.9 Å². The number of benzene rings is 1. The lowest BCUT2D eigenvalue weighted by atomic mass is 9.33. The molecule has 5 aliphatic carbocycles. The number of methoxy groups -OCH3 is 3. The van der Waals surface area contributed by atoms with Crippen LogP contribution in [0.25, 0.3) is 6.08 Å². The van der Waals surface area contributed by atoms with E-state index in [1.165, 1.54) is 11.6 Å². The van der Waals surface area contributed by atoms with Gasteiger partial charge in [-0.15, -0.1) is 0 Å². The van der Waals surface area contributed by atoms with Gasteiger partial charge in [0.05, 0.1) is 26.7 Å². The first-order valence-electron chi connectivity index (χ1n) is 18.5. The Bertz CT molecular complexity index is 1640. The van der Waals surface area contributed by atoms with Crippen LogP contribution in [0.5, 0.6) is 17.2 Å². The van der Waals surface area contributed by atoms with Gasteiger partial charge in [0.15, 0.2) is 17.3 Å². The minimum absolute atomic E-state index is 0.0217. The number of aliphatic carboxylic acids is 1. The zero-order valence-electron chi connectivity index (χ0n) is 31.9. The Kier molecular flexibility index (Phi) is 8.87. The summed E-state index contributed by atoms with van der Waals surface area (Å²) in [6, 6.07) is 3.58. The van der Waals surface area contributed by atoms with Gasteiger partial charge in [0.2, 0.25) is 5.75 Å². The zero-order valence-corrected chi connectivity index (χ0v) is 31.9. The van der Waals surface area contributed by atoms with Crippen LogP contribution in [0.4, 0.5) is 0 Å². The minimum Gasteiger partial charge on any atom is -0.493 e. The Morgan fingerprint density at radius 1 is 0.840 bits per heavy atom. The van der Waals surface area contributed by atoms with Crippen LogP contribution in [-0.4, -0.2) is 50.3 Å². The molecule has 4 saturated carbocycles. The second-order valence-electron chi connectivity index (χ2n) is 18.1. The molecule has 0 unspecified atom stereocenters. The number of fused-ring (bicyclic) bond motifs is 7. The predicted octanol–water partition coefficient (Wildman–Crippen LogP) is 8.70. The van der Waals surface area contributed by atoms with Crippen molar-refractivity contribution in [2.75, 3.05) is 21.3 Å². The third-order valence-electron chi connectivity index (χ3n) is 15.4. The SMILES string of the molecule is COc1ccc(/C=C/C(=O)O[C@H]2CC[C@]3(C)[C@H]4C(=O)C=C5[C@@H]6C[C@@](C)(C(=O)O)CC[C@]6(C)CC[C@@]5(C)[C@]4(C)CC[C@H]3C2(C)C)c(OC)c1OC. The zero-order chi connectivity index (χ0) is 36.7. The Morgan fingerprint density at radius 3 is 2.16 bits per heavy atom. The van der Waals surface area contributed by atoms with Crippen molar-refractivity contribution in [2.45, 2.75) is 112 Å². The third kappa shape index (κ3) is 5.16. The number of ether oxygens (including phenoxy) is 4. The highest BCUT2D eigenvalue weighted by Crippen LogP contribution is 2.75. The van der Waals surface area contributed by atoms with E-state index in [-0.39, 0.29) is 56.7 Å². The monoisotopic (exact) mass is 690 g/mol. The van der Waals surface area contributed by atoms with E-state index in [1.54, 1.807) is 33.5 Å². The average Bonchev–Trinajstić information content (AvgIpc) is 3.06. The van der Waals surface area contributed by atoms with E-state index in [2.05, 4.69) is 41.5 Å². The second kappa shape index (κ2) is 12.2. The predicted molar refractivity (Wildman–Crippen MR) is 192 cm³/mol. The summed E-state index contributed by atoms with van der Waals surface area (Å²) in [4.78, 5) is 40.5. The normalized spacial score (nSPS) is 40.4. The lowest BCUT2D eigenvalue weighted by Crippen LogP contribution is -2.66. The molecule has 0 aromatic heterocycles. The number of esters is 1. The molecule has 0 saturated heterocycles. The van der Waals surface area contributed by atoms with Crippen molar-refractivity contribution in [2.24, 2.45) is 50.2 Å². The summed E-state index contributed by atoms with van der Waals surface area (Å²) in [5, 5.41) is 10.2. The highest BCUT2D eigenvalue weighted by Gasteiger charge is 2.70. The van der Waals surface area contributed by atoms with E-state index in [9.17, 15) is 19.5 Å². The lowest BCUT2D eigenvalue weighted by molar-refractivity contribution is -0.209. The van der Waals surface area contributed by atoms with Gasteiger partial charge < -0.3 is 24.1 Å². The molecule has 8 heteroatoms. The molecule has 6 rings (SSSR count). The van der Waals surface area contributed by atoms with E-state index in [0.717, 1.165) is 38.5 Å². The van der Waals surface area contributed by atoms with Gasteiger partial charge in [-0.3, -0.25) is 9.59 Å². The number of hydrogen-bond acceptors (Lipinski definition) is 7. The Morgan fingerprint density at radius 2 is 1.52 bits per heavy atom. The number of carboxylic acid groups (broad SMARTS) is 1. The molecular weight excluding hydrogens is 632 g/mol. The number of carboxylic acids is 1. The highest BCUT2D eigenvalue weighted by atomic mass is 16.5. The van der Waals surface area contributed by atoms with Crippen molar-refractivity contribution >= 4 is 23.8 Å². The Labute approximate surface area is 298 Å². The maximum absolute atomic E-state index is 14.7. The van der Waals surface area contributed by atoms with E-state index in [1.807, 2.05) is 19.1 Å². The fraction of sp³-hybridized carbons (Fsp3) is 0.690.